The van der Waals surface area contributed by atoms with E-state index >= 15 is 0 Å². The van der Waals surface area contributed by atoms with E-state index in [2.05, 4.69) is 4.36 Å². The number of nitrogens with zero attached hydrogens (tertiary/aromatic N) is 1. The molecule has 1 atom stereocenters. The van der Waals surface area contributed by atoms with E-state index in [9.17, 15) is 13.8 Å². The van der Waals surface area contributed by atoms with Crippen molar-refractivity contribution in [2.45, 2.75) is 11.8 Å². The first-order valence-corrected chi connectivity index (χ1v) is 9.82. The lowest BCUT2D eigenvalue weighted by Gasteiger charge is -2.09. The molecule has 0 radical (unpaired) electrons. The second kappa shape index (κ2) is 7.09. The molecule has 3 aromatic rings. The van der Waals surface area contributed by atoms with Crippen LogP contribution in [0.3, 0.4) is 0 Å². The molecule has 6 heteroatoms. The maximum absolute atomic E-state index is 12.9. The van der Waals surface area contributed by atoms with E-state index in [1.54, 1.807) is 42.5 Å². The molecule has 132 valence electrons. The maximum atomic E-state index is 12.9. The molecular formula is C20H17NO4S. The van der Waals surface area contributed by atoms with Crippen molar-refractivity contribution in [1.29, 1.82) is 0 Å². The SMILES string of the molecule is CC(=O)Oc1cc2ccccc2cc1C(=O)N=S(C)(=O)c1ccccc1. The fourth-order valence-electron chi connectivity index (χ4n) is 2.56. The lowest BCUT2D eigenvalue weighted by molar-refractivity contribution is -0.131. The Bertz CT molecular complexity index is 1110. The van der Waals surface area contributed by atoms with Crippen LogP contribution in [0.5, 0.6) is 5.75 Å². The quantitative estimate of drug-likeness (QED) is 0.517. The van der Waals surface area contributed by atoms with Crippen LogP contribution in [0.1, 0.15) is 17.3 Å². The molecular weight excluding hydrogens is 350 g/mol. The summed E-state index contributed by atoms with van der Waals surface area (Å²) in [5, 5.41) is 1.62. The van der Waals surface area contributed by atoms with Crippen LogP contribution in [-0.4, -0.2) is 22.3 Å². The number of esters is 1. The summed E-state index contributed by atoms with van der Waals surface area (Å²) < 4.78 is 22.0. The van der Waals surface area contributed by atoms with E-state index in [-0.39, 0.29) is 11.3 Å². The Morgan fingerprint density at radius 2 is 1.50 bits per heavy atom. The minimum Gasteiger partial charge on any atom is -0.426 e. The van der Waals surface area contributed by atoms with Gasteiger partial charge in [-0.25, -0.2) is 4.21 Å². The summed E-state index contributed by atoms with van der Waals surface area (Å²) in [4.78, 5) is 24.6. The highest BCUT2D eigenvalue weighted by Crippen LogP contribution is 2.28. The molecule has 0 aliphatic carbocycles. The number of carbonyl (C=O) groups is 2. The number of fused-ring (bicyclic) bond motifs is 1. The molecule has 0 saturated heterocycles. The van der Waals surface area contributed by atoms with Crippen LogP contribution in [0.2, 0.25) is 0 Å². The topological polar surface area (TPSA) is 72.8 Å². The van der Waals surface area contributed by atoms with Crippen molar-refractivity contribution in [1.82, 2.24) is 0 Å². The minimum atomic E-state index is -2.92. The van der Waals surface area contributed by atoms with E-state index in [0.717, 1.165) is 10.8 Å². The van der Waals surface area contributed by atoms with Crippen LogP contribution < -0.4 is 4.74 Å². The van der Waals surface area contributed by atoms with Crippen LogP contribution in [0.4, 0.5) is 0 Å². The first-order chi connectivity index (χ1) is 12.4. The number of amides is 1. The molecule has 0 N–H and O–H groups in total. The molecule has 0 heterocycles. The highest BCUT2D eigenvalue weighted by Gasteiger charge is 2.18. The highest BCUT2D eigenvalue weighted by atomic mass is 32.2. The Balaban J connectivity index is 2.14. The van der Waals surface area contributed by atoms with Crippen molar-refractivity contribution in [2.24, 2.45) is 4.36 Å². The van der Waals surface area contributed by atoms with E-state index in [1.165, 1.54) is 13.2 Å². The lowest BCUT2D eigenvalue weighted by atomic mass is 10.1. The molecule has 26 heavy (non-hydrogen) atoms. The average molecular weight is 367 g/mol. The summed E-state index contributed by atoms with van der Waals surface area (Å²) in [6.45, 7) is 1.26. The van der Waals surface area contributed by atoms with E-state index < -0.39 is 21.6 Å². The van der Waals surface area contributed by atoms with E-state index in [1.807, 2.05) is 24.3 Å². The third kappa shape index (κ3) is 3.81. The summed E-state index contributed by atoms with van der Waals surface area (Å²) in [5.74, 6) is -1.13. The van der Waals surface area contributed by atoms with Gasteiger partial charge in [-0.05, 0) is 35.0 Å². The molecule has 1 unspecified atom stereocenters. The zero-order valence-corrected chi connectivity index (χ0v) is 15.2. The van der Waals surface area contributed by atoms with E-state index in [0.29, 0.717) is 4.90 Å². The molecule has 0 aliphatic heterocycles. The van der Waals surface area contributed by atoms with Crippen LogP contribution in [-0.2, 0) is 14.5 Å². The van der Waals surface area contributed by atoms with Crippen LogP contribution >= 0.6 is 0 Å². The van der Waals surface area contributed by atoms with Crippen molar-refractivity contribution in [3.05, 3.63) is 72.3 Å². The van der Waals surface area contributed by atoms with Crippen LogP contribution in [0.25, 0.3) is 10.8 Å². The molecule has 0 saturated carbocycles. The molecule has 0 fully saturated rings. The van der Waals surface area contributed by atoms with Gasteiger partial charge in [-0.2, -0.15) is 4.36 Å². The Kier molecular flexibility index (Phi) is 4.86. The van der Waals surface area contributed by atoms with Gasteiger partial charge in [0, 0.05) is 18.1 Å². The number of benzene rings is 3. The van der Waals surface area contributed by atoms with Gasteiger partial charge in [0.2, 0.25) is 0 Å². The van der Waals surface area contributed by atoms with Gasteiger partial charge in [0.25, 0.3) is 5.91 Å². The number of hydrogen-bond acceptors (Lipinski definition) is 4. The fourth-order valence-corrected chi connectivity index (χ4v) is 3.74. The zero-order valence-electron chi connectivity index (χ0n) is 14.3. The molecule has 0 bridgehead atoms. The van der Waals surface area contributed by atoms with Gasteiger partial charge in [-0.1, -0.05) is 42.5 Å². The number of rotatable bonds is 3. The standard InChI is InChI=1S/C20H17NO4S/c1-14(22)25-19-13-16-9-7-6-8-15(16)12-18(19)20(23)21-26(2,24)17-10-4-3-5-11-17/h3-13H,1-2H3. The van der Waals surface area contributed by atoms with Gasteiger partial charge < -0.3 is 4.74 Å². The Morgan fingerprint density at radius 1 is 0.923 bits per heavy atom. The first kappa shape index (κ1) is 17.8. The largest absolute Gasteiger partial charge is 0.426 e. The molecule has 5 nitrogen and oxygen atoms in total. The second-order valence-electron chi connectivity index (χ2n) is 5.80. The van der Waals surface area contributed by atoms with Gasteiger partial charge in [0.1, 0.15) is 5.75 Å². The minimum absolute atomic E-state index is 0.101. The van der Waals surface area contributed by atoms with Gasteiger partial charge in [0.15, 0.2) is 0 Å². The summed E-state index contributed by atoms with van der Waals surface area (Å²) in [6, 6.07) is 19.2. The van der Waals surface area contributed by atoms with Gasteiger partial charge in [-0.3, -0.25) is 9.59 Å². The summed E-state index contributed by atoms with van der Waals surface area (Å²) in [5.41, 5.74) is 0.101. The fraction of sp³-hybridized carbons (Fsp3) is 0.100. The van der Waals surface area contributed by atoms with Gasteiger partial charge in [0.05, 0.1) is 15.3 Å². The zero-order chi connectivity index (χ0) is 18.7. The van der Waals surface area contributed by atoms with Crippen molar-refractivity contribution >= 4 is 32.4 Å². The Labute approximate surface area is 151 Å². The Hall–Kier alpha value is -2.99. The third-order valence-corrected chi connectivity index (χ3v) is 5.43. The molecule has 3 rings (SSSR count). The predicted octanol–water partition coefficient (Wildman–Crippen LogP) is 4.06. The van der Waals surface area contributed by atoms with Crippen molar-refractivity contribution in [2.75, 3.05) is 6.26 Å². The van der Waals surface area contributed by atoms with Crippen LogP contribution in [0, 0.1) is 0 Å². The van der Waals surface area contributed by atoms with Crippen LogP contribution in [0.15, 0.2) is 76.0 Å². The monoisotopic (exact) mass is 367 g/mol. The van der Waals surface area contributed by atoms with Crippen molar-refractivity contribution < 1.29 is 18.5 Å². The number of carbonyl (C=O) groups excluding carboxylic acids is 2. The molecule has 0 spiro atoms. The highest BCUT2D eigenvalue weighted by molar-refractivity contribution is 7.93. The summed E-state index contributed by atoms with van der Waals surface area (Å²) in [6.07, 6.45) is 1.41. The van der Waals surface area contributed by atoms with E-state index in [4.69, 9.17) is 4.74 Å². The third-order valence-electron chi connectivity index (χ3n) is 3.77. The van der Waals surface area contributed by atoms with Crippen molar-refractivity contribution in [3.63, 3.8) is 0 Å². The van der Waals surface area contributed by atoms with Gasteiger partial charge >= 0.3 is 5.97 Å². The smallest absolute Gasteiger partial charge is 0.308 e. The maximum Gasteiger partial charge on any atom is 0.308 e. The van der Waals surface area contributed by atoms with Gasteiger partial charge in [-0.15, -0.1) is 0 Å². The molecule has 3 aromatic carbocycles. The normalized spacial score (nSPS) is 13.0. The summed E-state index contributed by atoms with van der Waals surface area (Å²) in [7, 11) is -2.92. The summed E-state index contributed by atoms with van der Waals surface area (Å²) >= 11 is 0. The Morgan fingerprint density at radius 3 is 2.12 bits per heavy atom. The first-order valence-electron chi connectivity index (χ1n) is 7.89. The molecule has 1 amide bonds. The molecule has 0 aromatic heterocycles. The number of hydrogen-bond donors (Lipinski definition) is 0. The number of ether oxygens (including phenoxy) is 1. The second-order valence-corrected chi connectivity index (χ2v) is 8.06. The molecule has 0 aliphatic rings. The predicted molar refractivity (Wildman–Crippen MR) is 101 cm³/mol. The average Bonchev–Trinajstić information content (AvgIpc) is 2.61. The lowest BCUT2D eigenvalue weighted by Crippen LogP contribution is -2.09. The van der Waals surface area contributed by atoms with Crippen molar-refractivity contribution in [3.8, 4) is 5.75 Å².